The van der Waals surface area contributed by atoms with Crippen molar-refractivity contribution in [2.24, 2.45) is 0 Å². The number of nitrogens with one attached hydrogen (secondary N) is 1. The van der Waals surface area contributed by atoms with E-state index in [1.54, 1.807) is 4.90 Å². The van der Waals surface area contributed by atoms with E-state index in [4.69, 9.17) is 19.2 Å². The second kappa shape index (κ2) is 10.8. The van der Waals surface area contributed by atoms with Crippen LogP contribution >= 0.6 is 0 Å². The molecule has 0 aromatic carbocycles. The molecular weight excluding hydrogens is 436 g/mol. The molecule has 0 atom stereocenters. The summed E-state index contributed by atoms with van der Waals surface area (Å²) in [4.78, 5) is 23.6. The maximum Gasteiger partial charge on any atom is 0.410 e. The van der Waals surface area contributed by atoms with E-state index in [0.717, 1.165) is 62.8 Å². The van der Waals surface area contributed by atoms with Gasteiger partial charge in [-0.05, 0) is 39.3 Å². The molecule has 1 N–H and O–H groups in total. The average molecular weight is 473 g/mol. The zero-order chi connectivity index (χ0) is 24.1. The molecule has 3 aliphatic rings. The fraction of sp³-hybridized carbons (Fsp3) is 0.708. The lowest BCUT2D eigenvalue weighted by molar-refractivity contribution is 0.0240. The predicted molar refractivity (Wildman–Crippen MR) is 127 cm³/mol. The summed E-state index contributed by atoms with van der Waals surface area (Å²) in [5, 5.41) is 13.3. The predicted octanol–water partition coefficient (Wildman–Crippen LogP) is 1.37. The van der Waals surface area contributed by atoms with E-state index in [1.807, 2.05) is 20.8 Å². The molecule has 1 aromatic heterocycles. The van der Waals surface area contributed by atoms with Crippen LogP contribution in [0.5, 0.6) is 5.88 Å². The first-order valence-corrected chi connectivity index (χ1v) is 12.2. The van der Waals surface area contributed by atoms with E-state index in [9.17, 15) is 10.1 Å². The van der Waals surface area contributed by atoms with Crippen LogP contribution in [0.4, 0.5) is 10.6 Å². The highest BCUT2D eigenvalue weighted by Crippen LogP contribution is 2.33. The summed E-state index contributed by atoms with van der Waals surface area (Å²) in [5.41, 5.74) is 2.11. The zero-order valence-electron chi connectivity index (χ0n) is 20.6. The molecule has 0 aliphatic carbocycles. The van der Waals surface area contributed by atoms with Crippen molar-refractivity contribution >= 4 is 11.9 Å². The first kappa shape index (κ1) is 24.5. The summed E-state index contributed by atoms with van der Waals surface area (Å²) in [5.74, 6) is 1.28. The highest BCUT2D eigenvalue weighted by atomic mass is 16.6. The maximum atomic E-state index is 12.5. The number of nitriles is 1. The van der Waals surface area contributed by atoms with Crippen LogP contribution < -0.4 is 15.0 Å². The first-order valence-electron chi connectivity index (χ1n) is 12.2. The fourth-order valence-corrected chi connectivity index (χ4v) is 4.52. The Morgan fingerprint density at radius 2 is 1.88 bits per heavy atom. The summed E-state index contributed by atoms with van der Waals surface area (Å²) in [7, 11) is 0. The second-order valence-corrected chi connectivity index (χ2v) is 9.87. The Kier molecular flexibility index (Phi) is 7.76. The minimum absolute atomic E-state index is 0.279. The van der Waals surface area contributed by atoms with Crippen LogP contribution in [0.25, 0.3) is 0 Å². The third-order valence-corrected chi connectivity index (χ3v) is 6.30. The number of piperazine rings is 1. The maximum absolute atomic E-state index is 12.5. The molecular formula is C24H36N6O4. The van der Waals surface area contributed by atoms with Gasteiger partial charge in [-0.15, -0.1) is 0 Å². The van der Waals surface area contributed by atoms with Crippen LogP contribution in [0.3, 0.4) is 0 Å². The van der Waals surface area contributed by atoms with Gasteiger partial charge in [-0.25, -0.2) is 4.79 Å². The molecule has 2 saturated heterocycles. The van der Waals surface area contributed by atoms with Crippen molar-refractivity contribution in [3.8, 4) is 11.9 Å². The number of rotatable bonds is 5. The molecule has 0 bridgehead atoms. The zero-order valence-corrected chi connectivity index (χ0v) is 20.6. The molecule has 4 rings (SSSR count). The Balaban J connectivity index is 1.49. The number of pyridine rings is 1. The topological polar surface area (TPSA) is 103 Å². The highest BCUT2D eigenvalue weighted by Gasteiger charge is 2.30. The molecule has 2 fully saturated rings. The SMILES string of the molecule is CC(C)(C)OC(=O)N1CCN(c2nc(OCCN3CCOCC3)c(C#N)c3c2CCNC3)CC1. The average Bonchev–Trinajstić information content (AvgIpc) is 2.83. The van der Waals surface area contributed by atoms with Crippen molar-refractivity contribution in [2.75, 3.05) is 77.1 Å². The van der Waals surface area contributed by atoms with E-state index >= 15 is 0 Å². The summed E-state index contributed by atoms with van der Waals surface area (Å²) >= 11 is 0. The van der Waals surface area contributed by atoms with E-state index in [0.29, 0.717) is 50.8 Å². The Labute approximate surface area is 201 Å². The lowest BCUT2D eigenvalue weighted by Crippen LogP contribution is -2.50. The molecule has 4 heterocycles. The first-order chi connectivity index (χ1) is 16.4. The van der Waals surface area contributed by atoms with Gasteiger partial charge in [0.25, 0.3) is 0 Å². The van der Waals surface area contributed by atoms with E-state index in [1.165, 1.54) is 0 Å². The normalized spacial score (nSPS) is 19.4. The van der Waals surface area contributed by atoms with Crippen molar-refractivity contribution in [2.45, 2.75) is 39.3 Å². The van der Waals surface area contributed by atoms with E-state index < -0.39 is 5.60 Å². The molecule has 10 nitrogen and oxygen atoms in total. The van der Waals surface area contributed by atoms with Gasteiger partial charge in [0.15, 0.2) is 0 Å². The molecule has 3 aliphatic heterocycles. The number of carbonyl (C=O) groups excluding carboxylic acids is 1. The van der Waals surface area contributed by atoms with Crippen molar-refractivity contribution in [1.29, 1.82) is 5.26 Å². The second-order valence-electron chi connectivity index (χ2n) is 9.87. The van der Waals surface area contributed by atoms with Crippen LogP contribution in [0, 0.1) is 11.3 Å². The Morgan fingerprint density at radius 1 is 1.15 bits per heavy atom. The van der Waals surface area contributed by atoms with Crippen LogP contribution in [-0.2, 0) is 22.4 Å². The number of nitrogens with zero attached hydrogens (tertiary/aromatic N) is 5. The van der Waals surface area contributed by atoms with Gasteiger partial charge in [-0.2, -0.15) is 10.2 Å². The minimum atomic E-state index is -0.511. The summed E-state index contributed by atoms with van der Waals surface area (Å²) in [6.45, 7) is 14.1. The molecule has 0 saturated carbocycles. The van der Waals surface area contributed by atoms with E-state index in [2.05, 4.69) is 21.2 Å². The molecule has 10 heteroatoms. The van der Waals surface area contributed by atoms with Gasteiger partial charge in [0.2, 0.25) is 5.88 Å². The van der Waals surface area contributed by atoms with E-state index in [-0.39, 0.29) is 6.09 Å². The van der Waals surface area contributed by atoms with Crippen LogP contribution in [0.1, 0.15) is 37.5 Å². The van der Waals surface area contributed by atoms with Gasteiger partial charge in [-0.1, -0.05) is 0 Å². The molecule has 1 aromatic rings. The number of amides is 1. The smallest absolute Gasteiger partial charge is 0.410 e. The van der Waals surface area contributed by atoms with Gasteiger partial charge in [0.1, 0.15) is 29.7 Å². The van der Waals surface area contributed by atoms with Gasteiger partial charge in [-0.3, -0.25) is 4.90 Å². The summed E-state index contributed by atoms with van der Waals surface area (Å²) < 4.78 is 17.0. The van der Waals surface area contributed by atoms with Gasteiger partial charge in [0, 0.05) is 57.9 Å². The quantitative estimate of drug-likeness (QED) is 0.680. The molecule has 0 spiro atoms. The molecule has 0 unspecified atom stereocenters. The fourth-order valence-electron chi connectivity index (χ4n) is 4.52. The lowest BCUT2D eigenvalue weighted by atomic mass is 9.97. The third kappa shape index (κ3) is 5.90. The highest BCUT2D eigenvalue weighted by molar-refractivity contribution is 5.69. The minimum Gasteiger partial charge on any atom is -0.475 e. The van der Waals surface area contributed by atoms with Gasteiger partial charge < -0.3 is 29.3 Å². The summed E-state index contributed by atoms with van der Waals surface area (Å²) in [6, 6.07) is 2.34. The number of hydrogen-bond donors (Lipinski definition) is 1. The van der Waals surface area contributed by atoms with Crippen LogP contribution in [-0.4, -0.2) is 98.7 Å². The number of hydrogen-bond acceptors (Lipinski definition) is 9. The number of anilines is 1. The Morgan fingerprint density at radius 3 is 2.56 bits per heavy atom. The molecule has 186 valence electrons. The van der Waals surface area contributed by atoms with Crippen molar-refractivity contribution in [3.05, 3.63) is 16.7 Å². The summed E-state index contributed by atoms with van der Waals surface area (Å²) in [6.07, 6.45) is 0.533. The third-order valence-electron chi connectivity index (χ3n) is 6.30. The Bertz CT molecular complexity index is 912. The van der Waals surface area contributed by atoms with Crippen LogP contribution in [0.2, 0.25) is 0 Å². The van der Waals surface area contributed by atoms with Gasteiger partial charge >= 0.3 is 6.09 Å². The van der Waals surface area contributed by atoms with Crippen molar-refractivity contribution in [3.63, 3.8) is 0 Å². The Hall–Kier alpha value is -2.61. The number of fused-ring (bicyclic) bond motifs is 1. The number of morpholine rings is 1. The molecule has 34 heavy (non-hydrogen) atoms. The largest absolute Gasteiger partial charge is 0.475 e. The van der Waals surface area contributed by atoms with Crippen molar-refractivity contribution < 1.29 is 19.0 Å². The monoisotopic (exact) mass is 472 g/mol. The van der Waals surface area contributed by atoms with Crippen molar-refractivity contribution in [1.82, 2.24) is 20.1 Å². The molecule has 1 amide bonds. The number of ether oxygens (including phenoxy) is 3. The number of carbonyl (C=O) groups is 1. The van der Waals surface area contributed by atoms with Gasteiger partial charge in [0.05, 0.1) is 13.2 Å². The number of aromatic nitrogens is 1. The molecule has 0 radical (unpaired) electrons. The van der Waals surface area contributed by atoms with Crippen LogP contribution in [0.15, 0.2) is 0 Å². The lowest BCUT2D eigenvalue weighted by Gasteiger charge is -2.38. The standard InChI is InChI=1S/C24H36N6O4/c1-24(2,3)34-23(31)30-8-6-29(7-9-30)21-18-4-5-26-17-20(18)19(16-25)22(27-21)33-15-12-28-10-13-32-14-11-28/h26H,4-15,17H2,1-3H3.